The average Bonchev–Trinajstić information content (AvgIpc) is 3.16. The zero-order valence-corrected chi connectivity index (χ0v) is 14.1. The van der Waals surface area contributed by atoms with Crippen molar-refractivity contribution >= 4 is 39.2 Å². The molecule has 1 unspecified atom stereocenters. The number of benzene rings is 1. The second-order valence-corrected chi connectivity index (χ2v) is 7.55. The normalized spacial score (nSPS) is 29.4. The number of nitrogens with two attached hydrogens (primary N) is 1. The fourth-order valence-electron chi connectivity index (χ4n) is 3.59. The highest BCUT2D eigenvalue weighted by Crippen LogP contribution is 2.41. The first-order valence-corrected chi connectivity index (χ1v) is 8.55. The predicted octanol–water partition coefficient (Wildman–Crippen LogP) is 2.84. The molecule has 2 fully saturated rings. The summed E-state index contributed by atoms with van der Waals surface area (Å²) in [5, 5.41) is 0.716. The van der Waals surface area contributed by atoms with Gasteiger partial charge in [0.15, 0.2) is 5.96 Å². The lowest BCUT2D eigenvalue weighted by atomic mass is 9.97. The first-order valence-electron chi connectivity index (χ1n) is 7.38. The number of halogens is 2. The van der Waals surface area contributed by atoms with Gasteiger partial charge >= 0.3 is 0 Å². The van der Waals surface area contributed by atoms with Crippen molar-refractivity contribution in [3.63, 3.8) is 0 Å². The van der Waals surface area contributed by atoms with E-state index in [-0.39, 0.29) is 5.54 Å². The van der Waals surface area contributed by atoms with Crippen LogP contribution in [-0.4, -0.2) is 42.1 Å². The summed E-state index contributed by atoms with van der Waals surface area (Å²) in [5.41, 5.74) is 7.30. The molecule has 3 aliphatic rings. The lowest BCUT2D eigenvalue weighted by Gasteiger charge is -2.36. The zero-order valence-electron chi connectivity index (χ0n) is 11.7. The molecule has 0 aromatic heterocycles. The van der Waals surface area contributed by atoms with Crippen LogP contribution in [0.1, 0.15) is 19.3 Å². The Morgan fingerprint density at radius 2 is 2.19 bits per heavy atom. The molecule has 4 nitrogen and oxygen atoms in total. The summed E-state index contributed by atoms with van der Waals surface area (Å²) < 4.78 is 0.897. The summed E-state index contributed by atoms with van der Waals surface area (Å²) in [5.74, 6) is 0.627. The molecule has 4 rings (SSSR count). The van der Waals surface area contributed by atoms with Gasteiger partial charge in [0.05, 0.1) is 17.1 Å². The third-order valence-electron chi connectivity index (χ3n) is 4.83. The number of guanidine groups is 1. The van der Waals surface area contributed by atoms with Gasteiger partial charge in [0.25, 0.3) is 0 Å². The van der Waals surface area contributed by atoms with E-state index in [9.17, 15) is 0 Å². The topological polar surface area (TPSA) is 44.9 Å². The van der Waals surface area contributed by atoms with Gasteiger partial charge in [-0.1, -0.05) is 11.6 Å². The van der Waals surface area contributed by atoms with Crippen molar-refractivity contribution in [2.45, 2.75) is 30.8 Å². The third-order valence-corrected chi connectivity index (χ3v) is 6.04. The van der Waals surface area contributed by atoms with Crippen LogP contribution < -0.4 is 10.6 Å². The molecular formula is C15H18BrClN4. The quantitative estimate of drug-likeness (QED) is 0.872. The van der Waals surface area contributed by atoms with Crippen molar-refractivity contribution in [2.24, 2.45) is 10.7 Å². The average molecular weight is 370 g/mol. The summed E-state index contributed by atoms with van der Waals surface area (Å²) in [6, 6.07) is 6.78. The first-order chi connectivity index (χ1) is 10.1. The molecule has 2 aliphatic heterocycles. The molecule has 6 heteroatoms. The van der Waals surface area contributed by atoms with Crippen molar-refractivity contribution in [1.82, 2.24) is 4.90 Å². The molecular weight excluding hydrogens is 352 g/mol. The monoisotopic (exact) mass is 368 g/mol. The minimum absolute atomic E-state index is 0.0277. The van der Waals surface area contributed by atoms with Crippen molar-refractivity contribution in [3.8, 4) is 0 Å². The summed E-state index contributed by atoms with van der Waals surface area (Å²) >= 11 is 9.62. The maximum Gasteiger partial charge on any atom is 0.196 e. The van der Waals surface area contributed by atoms with E-state index < -0.39 is 0 Å². The van der Waals surface area contributed by atoms with Gasteiger partial charge in [0.2, 0.25) is 0 Å². The minimum Gasteiger partial charge on any atom is -0.369 e. The van der Waals surface area contributed by atoms with Gasteiger partial charge in [-0.2, -0.15) is 0 Å². The SMILES string of the molecule is NC1=NCC2(CCN(C3CC3)C2)N1c1ccc(Cl)c(Br)c1. The highest BCUT2D eigenvalue weighted by Gasteiger charge is 2.50. The smallest absolute Gasteiger partial charge is 0.196 e. The van der Waals surface area contributed by atoms with Crippen molar-refractivity contribution in [1.29, 1.82) is 0 Å². The molecule has 1 aromatic rings. The van der Waals surface area contributed by atoms with Gasteiger partial charge < -0.3 is 10.6 Å². The number of rotatable bonds is 2. The fourth-order valence-corrected chi connectivity index (χ4v) is 4.08. The highest BCUT2D eigenvalue weighted by molar-refractivity contribution is 9.10. The molecule has 0 radical (unpaired) electrons. The van der Waals surface area contributed by atoms with Crippen molar-refractivity contribution in [3.05, 3.63) is 27.7 Å². The van der Waals surface area contributed by atoms with Crippen LogP contribution in [0.2, 0.25) is 5.02 Å². The molecule has 0 bridgehead atoms. The van der Waals surface area contributed by atoms with E-state index in [1.807, 2.05) is 18.2 Å². The van der Waals surface area contributed by atoms with E-state index >= 15 is 0 Å². The molecule has 21 heavy (non-hydrogen) atoms. The molecule has 1 saturated carbocycles. The fraction of sp³-hybridized carbons (Fsp3) is 0.533. The number of likely N-dealkylation sites (tertiary alicyclic amines) is 1. The molecule has 2 heterocycles. The van der Waals surface area contributed by atoms with Gasteiger partial charge in [0.1, 0.15) is 0 Å². The van der Waals surface area contributed by atoms with Gasteiger partial charge in [-0.05, 0) is 53.4 Å². The van der Waals surface area contributed by atoms with Crippen LogP contribution in [0.15, 0.2) is 27.7 Å². The summed E-state index contributed by atoms with van der Waals surface area (Å²) in [6.07, 6.45) is 3.81. The lowest BCUT2D eigenvalue weighted by molar-refractivity contribution is 0.306. The molecule has 1 saturated heterocycles. The summed E-state index contributed by atoms with van der Waals surface area (Å²) in [7, 11) is 0. The maximum absolute atomic E-state index is 6.20. The standard InChI is InChI=1S/C15H18BrClN4/c16-12-7-11(3-4-13(12)17)21-14(18)19-8-15(21)5-6-20(9-15)10-1-2-10/h3-4,7,10H,1-2,5-6,8-9H2,(H2,18,19). The van der Waals surface area contributed by atoms with E-state index in [1.54, 1.807) is 0 Å². The van der Waals surface area contributed by atoms with Crippen LogP contribution in [0.4, 0.5) is 5.69 Å². The van der Waals surface area contributed by atoms with E-state index in [4.69, 9.17) is 17.3 Å². The number of anilines is 1. The number of hydrogen-bond acceptors (Lipinski definition) is 4. The molecule has 2 N–H and O–H groups in total. The molecule has 1 spiro atoms. The van der Waals surface area contributed by atoms with E-state index in [0.29, 0.717) is 11.0 Å². The third kappa shape index (κ3) is 2.26. The summed E-state index contributed by atoms with van der Waals surface area (Å²) in [6.45, 7) is 3.00. The second-order valence-electron chi connectivity index (χ2n) is 6.28. The Kier molecular flexibility index (Phi) is 3.21. The zero-order chi connectivity index (χ0) is 14.6. The Hall–Kier alpha value is -0.780. The molecule has 1 aliphatic carbocycles. The second kappa shape index (κ2) is 4.86. The van der Waals surface area contributed by atoms with Crippen LogP contribution in [0.3, 0.4) is 0 Å². The van der Waals surface area contributed by atoms with Gasteiger partial charge in [-0.3, -0.25) is 9.89 Å². The number of nitrogens with zero attached hydrogens (tertiary/aromatic N) is 3. The van der Waals surface area contributed by atoms with Crippen LogP contribution >= 0.6 is 27.5 Å². The van der Waals surface area contributed by atoms with E-state index in [0.717, 1.165) is 42.3 Å². The highest BCUT2D eigenvalue weighted by atomic mass is 79.9. The Balaban J connectivity index is 1.67. The van der Waals surface area contributed by atoms with E-state index in [1.165, 1.54) is 12.8 Å². The molecule has 112 valence electrons. The van der Waals surface area contributed by atoms with E-state index in [2.05, 4.69) is 30.7 Å². The Labute approximate surface area is 138 Å². The lowest BCUT2D eigenvalue weighted by Crippen LogP contribution is -2.53. The minimum atomic E-state index is 0.0277. The van der Waals surface area contributed by atoms with Crippen molar-refractivity contribution in [2.75, 3.05) is 24.5 Å². The van der Waals surface area contributed by atoms with Crippen LogP contribution in [0.25, 0.3) is 0 Å². The first kappa shape index (κ1) is 13.9. The van der Waals surface area contributed by atoms with Gasteiger partial charge in [-0.25, -0.2) is 0 Å². The Morgan fingerprint density at radius 1 is 1.38 bits per heavy atom. The molecule has 0 amide bonds. The van der Waals surface area contributed by atoms with Crippen LogP contribution in [0, 0.1) is 0 Å². The Morgan fingerprint density at radius 3 is 2.90 bits per heavy atom. The van der Waals surface area contributed by atoms with Gasteiger partial charge in [-0.15, -0.1) is 0 Å². The maximum atomic E-state index is 6.20. The van der Waals surface area contributed by atoms with Crippen LogP contribution in [0.5, 0.6) is 0 Å². The van der Waals surface area contributed by atoms with Crippen LogP contribution in [-0.2, 0) is 0 Å². The predicted molar refractivity (Wildman–Crippen MR) is 90.1 cm³/mol. The molecule has 1 aromatic carbocycles. The van der Waals surface area contributed by atoms with Crippen molar-refractivity contribution < 1.29 is 0 Å². The van der Waals surface area contributed by atoms with Gasteiger partial charge in [0, 0.05) is 29.3 Å². The molecule has 1 atom stereocenters. The number of hydrogen-bond donors (Lipinski definition) is 1. The largest absolute Gasteiger partial charge is 0.369 e. The number of aliphatic imine (C=N–C) groups is 1. The Bertz CT molecular complexity index is 616. The summed E-state index contributed by atoms with van der Waals surface area (Å²) in [4.78, 5) is 9.36.